The van der Waals surface area contributed by atoms with E-state index in [1.54, 1.807) is 6.92 Å². The molecular weight excluding hydrogens is 228 g/mol. The van der Waals surface area contributed by atoms with E-state index < -0.39 is 0 Å². The van der Waals surface area contributed by atoms with Crippen LogP contribution in [-0.2, 0) is 4.79 Å². The molecular formula is C9H16N4O2S. The number of carbonyl (C=O) groups excluding carboxylic acids is 1. The van der Waals surface area contributed by atoms with Gasteiger partial charge in [-0.1, -0.05) is 5.10 Å². The van der Waals surface area contributed by atoms with Crippen LogP contribution in [0.1, 0.15) is 19.2 Å². The number of anilines is 1. The monoisotopic (exact) mass is 244 g/mol. The van der Waals surface area contributed by atoms with Gasteiger partial charge in [0, 0.05) is 13.0 Å². The summed E-state index contributed by atoms with van der Waals surface area (Å²) >= 11 is 1.53. The van der Waals surface area contributed by atoms with E-state index in [-0.39, 0.29) is 18.0 Å². The Bertz CT molecular complexity index is 340. The number of hydrogen-bond donors (Lipinski definition) is 2. The maximum atomic E-state index is 11.4. The predicted octanol–water partition coefficient (Wildman–Crippen LogP) is 0.787. The standard InChI is InChI=1S/C9H16N4O2S/c1-6(10)3-4-16-5-8(14)11-9-13-12-7(2)15-9/h6H,3-5,10H2,1-2H3,(H,11,13,14). The number of thioether (sulfide) groups is 1. The Morgan fingerprint density at radius 2 is 2.38 bits per heavy atom. The highest BCUT2D eigenvalue weighted by molar-refractivity contribution is 7.99. The predicted molar refractivity (Wildman–Crippen MR) is 63.3 cm³/mol. The number of amides is 1. The molecule has 1 rings (SSSR count). The molecule has 0 radical (unpaired) electrons. The van der Waals surface area contributed by atoms with Gasteiger partial charge >= 0.3 is 6.01 Å². The van der Waals surface area contributed by atoms with E-state index in [0.29, 0.717) is 11.6 Å². The van der Waals surface area contributed by atoms with Crippen LogP contribution in [0.3, 0.4) is 0 Å². The Labute approximate surface area is 98.4 Å². The number of nitrogens with two attached hydrogens (primary N) is 1. The molecule has 0 aliphatic carbocycles. The molecule has 0 aromatic carbocycles. The second-order valence-corrected chi connectivity index (χ2v) is 4.60. The Kier molecular flexibility index (Phi) is 5.27. The van der Waals surface area contributed by atoms with Crippen molar-refractivity contribution in [2.24, 2.45) is 5.73 Å². The van der Waals surface area contributed by atoms with Gasteiger partial charge in [-0.15, -0.1) is 5.10 Å². The van der Waals surface area contributed by atoms with Gasteiger partial charge in [-0.3, -0.25) is 10.1 Å². The van der Waals surface area contributed by atoms with Crippen molar-refractivity contribution in [2.45, 2.75) is 26.3 Å². The van der Waals surface area contributed by atoms with E-state index in [1.165, 1.54) is 11.8 Å². The van der Waals surface area contributed by atoms with Crippen LogP contribution in [0.4, 0.5) is 6.01 Å². The summed E-state index contributed by atoms with van der Waals surface area (Å²) < 4.78 is 5.02. The van der Waals surface area contributed by atoms with Crippen LogP contribution < -0.4 is 11.1 Å². The van der Waals surface area contributed by atoms with Gasteiger partial charge in [0.15, 0.2) is 0 Å². The quantitative estimate of drug-likeness (QED) is 0.718. The second-order valence-electron chi connectivity index (χ2n) is 3.49. The third kappa shape index (κ3) is 5.13. The van der Waals surface area contributed by atoms with Crippen LogP contribution in [0.15, 0.2) is 4.42 Å². The molecule has 0 aliphatic heterocycles. The summed E-state index contributed by atoms with van der Waals surface area (Å²) in [5.74, 6) is 1.53. The molecule has 3 N–H and O–H groups in total. The molecule has 0 bridgehead atoms. The number of rotatable bonds is 6. The van der Waals surface area contributed by atoms with Crippen LogP contribution >= 0.6 is 11.8 Å². The highest BCUT2D eigenvalue weighted by Crippen LogP contribution is 2.07. The molecule has 1 atom stereocenters. The van der Waals surface area contributed by atoms with Crippen molar-refractivity contribution >= 4 is 23.7 Å². The van der Waals surface area contributed by atoms with Gasteiger partial charge in [-0.05, 0) is 19.1 Å². The first-order valence-electron chi connectivity index (χ1n) is 5.01. The van der Waals surface area contributed by atoms with Crippen molar-refractivity contribution in [3.8, 4) is 0 Å². The number of hydrogen-bond acceptors (Lipinski definition) is 6. The Balaban J connectivity index is 2.16. The SMILES string of the molecule is Cc1nnc(NC(=O)CSCCC(C)N)o1. The Hall–Kier alpha value is -1.08. The molecule has 16 heavy (non-hydrogen) atoms. The summed E-state index contributed by atoms with van der Waals surface area (Å²) in [6, 6.07) is 0.324. The minimum atomic E-state index is -0.140. The lowest BCUT2D eigenvalue weighted by Gasteiger charge is -2.03. The van der Waals surface area contributed by atoms with Gasteiger partial charge in [0.2, 0.25) is 11.8 Å². The molecule has 6 nitrogen and oxygen atoms in total. The van der Waals surface area contributed by atoms with Crippen molar-refractivity contribution < 1.29 is 9.21 Å². The first kappa shape index (κ1) is 13.0. The number of carbonyl (C=O) groups is 1. The van der Waals surface area contributed by atoms with Gasteiger partial charge < -0.3 is 10.2 Å². The molecule has 1 aromatic heterocycles. The van der Waals surface area contributed by atoms with Gasteiger partial charge in [-0.25, -0.2) is 0 Å². The van der Waals surface area contributed by atoms with Gasteiger partial charge in [0.25, 0.3) is 0 Å². The first-order valence-corrected chi connectivity index (χ1v) is 6.16. The van der Waals surface area contributed by atoms with E-state index in [1.807, 2.05) is 6.92 Å². The second kappa shape index (κ2) is 6.49. The summed E-state index contributed by atoms with van der Waals surface area (Å²) in [6.45, 7) is 3.61. The van der Waals surface area contributed by atoms with Crippen molar-refractivity contribution in [3.05, 3.63) is 5.89 Å². The zero-order valence-corrected chi connectivity index (χ0v) is 10.2. The summed E-state index contributed by atoms with van der Waals surface area (Å²) in [6.07, 6.45) is 0.900. The molecule has 1 unspecified atom stereocenters. The molecule has 0 spiro atoms. The van der Waals surface area contributed by atoms with E-state index in [9.17, 15) is 4.79 Å². The first-order chi connectivity index (χ1) is 7.58. The van der Waals surface area contributed by atoms with Crippen LogP contribution in [0.2, 0.25) is 0 Å². The fourth-order valence-electron chi connectivity index (χ4n) is 0.937. The summed E-state index contributed by atoms with van der Waals surface area (Å²) in [5.41, 5.74) is 5.59. The maximum absolute atomic E-state index is 11.4. The minimum Gasteiger partial charge on any atom is -0.408 e. The van der Waals surface area contributed by atoms with Gasteiger partial charge in [0.05, 0.1) is 5.75 Å². The Morgan fingerprint density at radius 1 is 1.62 bits per heavy atom. The molecule has 0 aliphatic rings. The van der Waals surface area contributed by atoms with Crippen molar-refractivity contribution in [1.29, 1.82) is 0 Å². The lowest BCUT2D eigenvalue weighted by Crippen LogP contribution is -2.17. The van der Waals surface area contributed by atoms with Crippen molar-refractivity contribution in [1.82, 2.24) is 10.2 Å². The number of aryl methyl sites for hydroxylation is 1. The van der Waals surface area contributed by atoms with E-state index in [0.717, 1.165) is 12.2 Å². The lowest BCUT2D eigenvalue weighted by molar-refractivity contribution is -0.113. The van der Waals surface area contributed by atoms with E-state index >= 15 is 0 Å². The highest BCUT2D eigenvalue weighted by Gasteiger charge is 2.07. The van der Waals surface area contributed by atoms with Crippen LogP contribution in [-0.4, -0.2) is 33.7 Å². The van der Waals surface area contributed by atoms with Crippen LogP contribution in [0, 0.1) is 6.92 Å². The molecule has 7 heteroatoms. The highest BCUT2D eigenvalue weighted by atomic mass is 32.2. The smallest absolute Gasteiger partial charge is 0.322 e. The molecule has 0 saturated carbocycles. The van der Waals surface area contributed by atoms with Crippen molar-refractivity contribution in [3.63, 3.8) is 0 Å². The van der Waals surface area contributed by atoms with Crippen LogP contribution in [0.5, 0.6) is 0 Å². The molecule has 90 valence electrons. The molecule has 1 amide bonds. The third-order valence-electron chi connectivity index (χ3n) is 1.72. The van der Waals surface area contributed by atoms with Gasteiger partial charge in [-0.2, -0.15) is 11.8 Å². The fourth-order valence-corrected chi connectivity index (χ4v) is 1.88. The molecule has 1 aromatic rings. The number of aromatic nitrogens is 2. The maximum Gasteiger partial charge on any atom is 0.322 e. The topological polar surface area (TPSA) is 94.0 Å². The van der Waals surface area contributed by atoms with E-state index in [2.05, 4.69) is 15.5 Å². The summed E-state index contributed by atoms with van der Waals surface area (Å²) in [7, 11) is 0. The summed E-state index contributed by atoms with van der Waals surface area (Å²) in [5, 5.41) is 9.79. The number of nitrogens with one attached hydrogen (secondary N) is 1. The lowest BCUT2D eigenvalue weighted by atomic mass is 10.3. The zero-order chi connectivity index (χ0) is 12.0. The molecule has 1 heterocycles. The zero-order valence-electron chi connectivity index (χ0n) is 9.40. The fraction of sp³-hybridized carbons (Fsp3) is 0.667. The minimum absolute atomic E-state index is 0.140. The molecule has 0 fully saturated rings. The van der Waals surface area contributed by atoms with Gasteiger partial charge in [0.1, 0.15) is 0 Å². The number of nitrogens with zero attached hydrogens (tertiary/aromatic N) is 2. The largest absolute Gasteiger partial charge is 0.408 e. The molecule has 0 saturated heterocycles. The van der Waals surface area contributed by atoms with E-state index in [4.69, 9.17) is 10.2 Å². The van der Waals surface area contributed by atoms with Crippen LogP contribution in [0.25, 0.3) is 0 Å². The average molecular weight is 244 g/mol. The summed E-state index contributed by atoms with van der Waals surface area (Å²) in [4.78, 5) is 11.4. The average Bonchev–Trinajstić information content (AvgIpc) is 2.58. The third-order valence-corrected chi connectivity index (χ3v) is 2.71. The normalized spacial score (nSPS) is 12.4. The Morgan fingerprint density at radius 3 is 2.94 bits per heavy atom. The van der Waals surface area contributed by atoms with Crippen molar-refractivity contribution in [2.75, 3.05) is 16.8 Å².